The van der Waals surface area contributed by atoms with Gasteiger partial charge in [-0.25, -0.2) is 0 Å². The lowest BCUT2D eigenvalue weighted by Crippen LogP contribution is -2.56. The maximum absolute atomic E-state index is 5.58. The van der Waals surface area contributed by atoms with Crippen LogP contribution in [0.5, 0.6) is 0 Å². The minimum atomic E-state index is 0.238. The van der Waals surface area contributed by atoms with Gasteiger partial charge in [-0.3, -0.25) is 9.89 Å². The van der Waals surface area contributed by atoms with Crippen molar-refractivity contribution in [1.82, 2.24) is 15.1 Å². The van der Waals surface area contributed by atoms with Crippen LogP contribution in [0.15, 0.2) is 4.99 Å². The number of thioether (sulfide) groups is 1. The highest BCUT2D eigenvalue weighted by Gasteiger charge is 2.40. The monoisotopic (exact) mass is 368 g/mol. The van der Waals surface area contributed by atoms with Crippen molar-refractivity contribution in [1.29, 1.82) is 0 Å². The average molecular weight is 369 g/mol. The van der Waals surface area contributed by atoms with Crippen molar-refractivity contribution in [2.45, 2.75) is 39.2 Å². The van der Waals surface area contributed by atoms with Gasteiger partial charge in [0.1, 0.15) is 0 Å². The summed E-state index contributed by atoms with van der Waals surface area (Å²) < 4.78 is 5.58. The second kappa shape index (κ2) is 8.96. The van der Waals surface area contributed by atoms with E-state index in [2.05, 4.69) is 47.6 Å². The largest absolute Gasteiger partial charge is 0.379 e. The summed E-state index contributed by atoms with van der Waals surface area (Å²) in [4.78, 5) is 10.3. The molecule has 0 aromatic rings. The van der Waals surface area contributed by atoms with E-state index in [0.29, 0.717) is 0 Å². The molecular weight excluding hydrogens is 332 g/mol. The summed E-state index contributed by atoms with van der Waals surface area (Å²) >= 11 is 2.09. The molecule has 6 heteroatoms. The third-order valence-corrected chi connectivity index (χ3v) is 7.03. The molecule has 0 aromatic carbocycles. The Kier molecular flexibility index (Phi) is 6.92. The summed E-state index contributed by atoms with van der Waals surface area (Å²) in [7, 11) is 0. The third-order valence-electron chi connectivity index (χ3n) is 5.79. The minimum absolute atomic E-state index is 0.238. The number of ether oxygens (including phenoxy) is 1. The Morgan fingerprint density at radius 3 is 2.56 bits per heavy atom. The van der Waals surface area contributed by atoms with E-state index in [0.717, 1.165) is 70.3 Å². The van der Waals surface area contributed by atoms with Gasteiger partial charge in [0.05, 0.1) is 25.3 Å². The van der Waals surface area contributed by atoms with Crippen molar-refractivity contribution in [2.24, 2.45) is 16.8 Å². The van der Waals surface area contributed by atoms with Crippen molar-refractivity contribution in [3.05, 3.63) is 0 Å². The lowest BCUT2D eigenvalue weighted by atomic mass is 9.92. The van der Waals surface area contributed by atoms with E-state index in [1.807, 2.05) is 0 Å². The highest BCUT2D eigenvalue weighted by Crippen LogP contribution is 2.34. The number of piperidine rings is 1. The van der Waals surface area contributed by atoms with Crippen LogP contribution in [0.25, 0.3) is 0 Å². The first-order valence-electron chi connectivity index (χ1n) is 10.1. The van der Waals surface area contributed by atoms with Crippen molar-refractivity contribution < 1.29 is 4.74 Å². The summed E-state index contributed by atoms with van der Waals surface area (Å²) in [5.74, 6) is 5.11. The minimum Gasteiger partial charge on any atom is -0.379 e. The van der Waals surface area contributed by atoms with Gasteiger partial charge in [0.25, 0.3) is 0 Å². The number of hydrogen-bond acceptors (Lipinski definition) is 4. The number of guanidine groups is 1. The number of aliphatic imine (C=N–C) groups is 1. The van der Waals surface area contributed by atoms with Crippen molar-refractivity contribution in [2.75, 3.05) is 64.0 Å². The van der Waals surface area contributed by atoms with Gasteiger partial charge >= 0.3 is 0 Å². The molecule has 5 nitrogen and oxygen atoms in total. The average Bonchev–Trinajstić information content (AvgIpc) is 3.09. The number of nitrogens with zero attached hydrogens (tertiary/aromatic N) is 3. The van der Waals surface area contributed by atoms with Gasteiger partial charge in [-0.15, -0.1) is 0 Å². The first-order chi connectivity index (χ1) is 12.1. The zero-order chi connectivity index (χ0) is 17.7. The molecule has 144 valence electrons. The predicted molar refractivity (Wildman–Crippen MR) is 108 cm³/mol. The lowest BCUT2D eigenvalue weighted by molar-refractivity contribution is -0.0105. The van der Waals surface area contributed by atoms with E-state index in [-0.39, 0.29) is 5.54 Å². The fourth-order valence-corrected chi connectivity index (χ4v) is 6.06. The molecule has 1 N–H and O–H groups in total. The molecule has 3 saturated heterocycles. The topological polar surface area (TPSA) is 40.1 Å². The summed E-state index contributed by atoms with van der Waals surface area (Å²) in [5.41, 5.74) is 0.238. The van der Waals surface area contributed by atoms with E-state index < -0.39 is 0 Å². The molecule has 0 radical (unpaired) electrons. The third kappa shape index (κ3) is 4.83. The molecule has 0 bridgehead atoms. The second-order valence-electron chi connectivity index (χ2n) is 8.15. The highest BCUT2D eigenvalue weighted by molar-refractivity contribution is 7.99. The van der Waals surface area contributed by atoms with Crippen LogP contribution in [-0.4, -0.2) is 85.3 Å². The van der Waals surface area contributed by atoms with Gasteiger partial charge in [0.2, 0.25) is 0 Å². The van der Waals surface area contributed by atoms with Crippen LogP contribution in [0.4, 0.5) is 0 Å². The molecule has 0 saturated carbocycles. The fraction of sp³-hybridized carbons (Fsp3) is 0.947. The second-order valence-corrected chi connectivity index (χ2v) is 9.25. The zero-order valence-electron chi connectivity index (χ0n) is 16.3. The number of morpholine rings is 1. The van der Waals surface area contributed by atoms with Crippen molar-refractivity contribution in [3.8, 4) is 0 Å². The molecule has 3 atom stereocenters. The van der Waals surface area contributed by atoms with Gasteiger partial charge in [-0.2, -0.15) is 11.8 Å². The van der Waals surface area contributed by atoms with Gasteiger partial charge in [0.15, 0.2) is 5.96 Å². The molecule has 3 fully saturated rings. The van der Waals surface area contributed by atoms with Crippen LogP contribution in [0.1, 0.15) is 33.6 Å². The van der Waals surface area contributed by atoms with Gasteiger partial charge in [-0.1, -0.05) is 13.8 Å². The van der Waals surface area contributed by atoms with E-state index in [1.165, 1.54) is 24.3 Å². The van der Waals surface area contributed by atoms with Crippen LogP contribution < -0.4 is 5.32 Å². The molecule has 0 aromatic heterocycles. The molecule has 0 amide bonds. The molecule has 3 aliphatic rings. The SMILES string of the molecule is CCNC(=NCC1(N2CCOCC2)CCSC1)N1CC(C)CC(C)C1. The van der Waals surface area contributed by atoms with E-state index >= 15 is 0 Å². The van der Waals surface area contributed by atoms with Gasteiger partial charge < -0.3 is 15.0 Å². The van der Waals surface area contributed by atoms with Crippen LogP contribution >= 0.6 is 11.8 Å². The smallest absolute Gasteiger partial charge is 0.193 e. The van der Waals surface area contributed by atoms with Crippen LogP contribution in [0.2, 0.25) is 0 Å². The zero-order valence-corrected chi connectivity index (χ0v) is 17.1. The number of nitrogens with one attached hydrogen (secondary N) is 1. The predicted octanol–water partition coefficient (Wildman–Crippen LogP) is 2.14. The lowest BCUT2D eigenvalue weighted by Gasteiger charge is -2.42. The normalized spacial score (nSPS) is 35.2. The van der Waals surface area contributed by atoms with Crippen LogP contribution in [-0.2, 0) is 4.74 Å². The fourth-order valence-electron chi connectivity index (χ4n) is 4.59. The number of hydrogen-bond donors (Lipinski definition) is 1. The van der Waals surface area contributed by atoms with E-state index in [4.69, 9.17) is 9.73 Å². The Balaban J connectivity index is 1.72. The molecule has 25 heavy (non-hydrogen) atoms. The Morgan fingerprint density at radius 2 is 1.96 bits per heavy atom. The maximum atomic E-state index is 5.58. The first-order valence-corrected chi connectivity index (χ1v) is 11.2. The quantitative estimate of drug-likeness (QED) is 0.608. The summed E-state index contributed by atoms with van der Waals surface area (Å²) in [6.07, 6.45) is 2.59. The Labute approximate surface area is 157 Å². The molecule has 3 heterocycles. The molecule has 0 aliphatic carbocycles. The standard InChI is InChI=1S/C19H36N4OS/c1-4-20-18(22-12-16(2)11-17(3)13-22)21-14-19(5-10-25-15-19)23-6-8-24-9-7-23/h16-17H,4-15H2,1-3H3,(H,20,21). The van der Waals surface area contributed by atoms with E-state index in [9.17, 15) is 0 Å². The van der Waals surface area contributed by atoms with Crippen LogP contribution in [0.3, 0.4) is 0 Å². The molecular formula is C19H36N4OS. The Morgan fingerprint density at radius 1 is 1.24 bits per heavy atom. The van der Waals surface area contributed by atoms with Gasteiger partial charge in [0, 0.05) is 38.5 Å². The summed E-state index contributed by atoms with van der Waals surface area (Å²) in [6.45, 7) is 14.9. The molecule has 3 unspecified atom stereocenters. The van der Waals surface area contributed by atoms with Crippen molar-refractivity contribution >= 4 is 17.7 Å². The molecule has 0 spiro atoms. The number of rotatable bonds is 4. The van der Waals surface area contributed by atoms with Crippen LogP contribution in [0, 0.1) is 11.8 Å². The highest BCUT2D eigenvalue weighted by atomic mass is 32.2. The van der Waals surface area contributed by atoms with Crippen molar-refractivity contribution in [3.63, 3.8) is 0 Å². The number of likely N-dealkylation sites (tertiary alicyclic amines) is 1. The Bertz CT molecular complexity index is 437. The summed E-state index contributed by atoms with van der Waals surface area (Å²) in [5, 5.41) is 3.56. The molecule has 3 aliphatic heterocycles. The summed E-state index contributed by atoms with van der Waals surface area (Å²) in [6, 6.07) is 0. The first kappa shape index (κ1) is 19.3. The molecule has 3 rings (SSSR count). The van der Waals surface area contributed by atoms with E-state index in [1.54, 1.807) is 0 Å². The van der Waals surface area contributed by atoms with Gasteiger partial charge in [-0.05, 0) is 37.4 Å². The maximum Gasteiger partial charge on any atom is 0.193 e. The Hall–Kier alpha value is -0.460.